The van der Waals surface area contributed by atoms with E-state index in [4.69, 9.17) is 0 Å². The zero-order chi connectivity index (χ0) is 15.5. The molecule has 1 aromatic carbocycles. The molecule has 2 rings (SSSR count). The van der Waals surface area contributed by atoms with E-state index in [9.17, 15) is 9.90 Å². The van der Waals surface area contributed by atoms with Gasteiger partial charge in [-0.25, -0.2) is 4.79 Å². The summed E-state index contributed by atoms with van der Waals surface area (Å²) in [4.78, 5) is 14.8. The van der Waals surface area contributed by atoms with Gasteiger partial charge < -0.3 is 10.0 Å². The van der Waals surface area contributed by atoms with Crippen molar-refractivity contribution in [3.05, 3.63) is 23.8 Å². The Morgan fingerprint density at radius 3 is 2.52 bits per heavy atom. The molecule has 4 heteroatoms. The number of carbonyl (C=O) groups is 1. The second-order valence-corrected chi connectivity index (χ2v) is 7.35. The zero-order valence-electron chi connectivity index (χ0n) is 13.2. The first kappa shape index (κ1) is 16.2. The van der Waals surface area contributed by atoms with Gasteiger partial charge in [-0.3, -0.25) is 0 Å². The molecule has 1 saturated heterocycles. The minimum Gasteiger partial charge on any atom is -0.478 e. The number of hydrogen-bond acceptors (Lipinski definition) is 3. The Balaban J connectivity index is 2.28. The number of aromatic carboxylic acids is 1. The summed E-state index contributed by atoms with van der Waals surface area (Å²) >= 11 is 1.61. The molecule has 0 atom stereocenters. The summed E-state index contributed by atoms with van der Waals surface area (Å²) in [5.74, 6) is 0.0721. The van der Waals surface area contributed by atoms with Crippen LogP contribution < -0.4 is 4.90 Å². The molecule has 1 aromatic rings. The summed E-state index contributed by atoms with van der Waals surface area (Å²) in [5, 5.41) is 9.61. The number of thioether (sulfide) groups is 1. The first-order chi connectivity index (χ1) is 10.0. The van der Waals surface area contributed by atoms with Crippen molar-refractivity contribution in [1.82, 2.24) is 0 Å². The van der Waals surface area contributed by atoms with Gasteiger partial charge in [0.2, 0.25) is 0 Å². The van der Waals surface area contributed by atoms with Gasteiger partial charge in [0.05, 0.1) is 11.3 Å². The van der Waals surface area contributed by atoms with Crippen molar-refractivity contribution in [3.8, 4) is 0 Å². The average Bonchev–Trinajstić information content (AvgIpc) is 2.48. The molecule has 0 unspecified atom stereocenters. The monoisotopic (exact) mass is 307 g/mol. The van der Waals surface area contributed by atoms with Gasteiger partial charge >= 0.3 is 5.97 Å². The fraction of sp³-hybridized carbons (Fsp3) is 0.588. The van der Waals surface area contributed by atoms with E-state index in [0.717, 1.165) is 42.3 Å². The van der Waals surface area contributed by atoms with Crippen molar-refractivity contribution in [2.75, 3.05) is 23.7 Å². The minimum atomic E-state index is -0.814. The molecular formula is C17H25NO2S. The van der Waals surface area contributed by atoms with E-state index in [1.54, 1.807) is 11.8 Å². The van der Waals surface area contributed by atoms with Gasteiger partial charge in [-0.15, -0.1) is 11.8 Å². The highest BCUT2D eigenvalue weighted by molar-refractivity contribution is 7.99. The van der Waals surface area contributed by atoms with E-state index < -0.39 is 5.97 Å². The van der Waals surface area contributed by atoms with Gasteiger partial charge in [0.25, 0.3) is 0 Å². The van der Waals surface area contributed by atoms with Crippen LogP contribution in [0.5, 0.6) is 0 Å². The molecule has 1 fully saturated rings. The first-order valence-electron chi connectivity index (χ1n) is 7.75. The van der Waals surface area contributed by atoms with Crippen molar-refractivity contribution in [1.29, 1.82) is 0 Å². The van der Waals surface area contributed by atoms with Gasteiger partial charge in [-0.2, -0.15) is 0 Å². The number of hydrogen-bond donors (Lipinski definition) is 1. The predicted molar refractivity (Wildman–Crippen MR) is 89.6 cm³/mol. The molecule has 3 nitrogen and oxygen atoms in total. The summed E-state index contributed by atoms with van der Waals surface area (Å²) in [6, 6.07) is 5.85. The van der Waals surface area contributed by atoms with Crippen LogP contribution in [0.15, 0.2) is 23.1 Å². The summed E-state index contributed by atoms with van der Waals surface area (Å²) in [6.45, 7) is 8.54. The number of carboxylic acids is 1. The molecule has 116 valence electrons. The predicted octanol–water partition coefficient (Wildman–Crippen LogP) is 4.51. The molecule has 0 bridgehead atoms. The lowest BCUT2D eigenvalue weighted by atomic mass is 9.78. The smallest absolute Gasteiger partial charge is 0.338 e. The number of nitrogens with zero attached hydrogens (tertiary/aromatic N) is 1. The van der Waals surface area contributed by atoms with Crippen LogP contribution in [0.2, 0.25) is 0 Å². The van der Waals surface area contributed by atoms with E-state index in [2.05, 4.69) is 25.7 Å². The van der Waals surface area contributed by atoms with Crippen LogP contribution in [0, 0.1) is 5.41 Å². The van der Waals surface area contributed by atoms with Gasteiger partial charge in [-0.1, -0.05) is 33.3 Å². The number of benzene rings is 1. The number of carboxylic acid groups (broad SMARTS) is 1. The third-order valence-corrected chi connectivity index (χ3v) is 5.62. The van der Waals surface area contributed by atoms with Crippen LogP contribution in [0.1, 0.15) is 50.4 Å². The molecule has 21 heavy (non-hydrogen) atoms. The van der Waals surface area contributed by atoms with E-state index in [1.807, 2.05) is 18.2 Å². The first-order valence-corrected chi connectivity index (χ1v) is 8.73. The molecule has 1 heterocycles. The third kappa shape index (κ3) is 3.54. The summed E-state index contributed by atoms with van der Waals surface area (Å²) in [6.07, 6.45) is 3.46. The SMILES string of the molecule is CCSc1cccc(N2CCC(C)(CC)CC2)c1C(=O)O. The molecule has 1 N–H and O–H groups in total. The lowest BCUT2D eigenvalue weighted by Gasteiger charge is -2.40. The molecule has 0 amide bonds. The zero-order valence-corrected chi connectivity index (χ0v) is 14.0. The standard InChI is InChI=1S/C17H25NO2S/c1-4-17(3)9-11-18(12-10-17)13-7-6-8-14(21-5-2)15(13)16(19)20/h6-8H,4-5,9-12H2,1-3H3,(H,19,20). The molecule has 0 saturated carbocycles. The summed E-state index contributed by atoms with van der Waals surface area (Å²) in [5.41, 5.74) is 1.78. The Kier molecular flexibility index (Phi) is 5.20. The Morgan fingerprint density at radius 2 is 2.00 bits per heavy atom. The van der Waals surface area contributed by atoms with E-state index in [1.165, 1.54) is 6.42 Å². The van der Waals surface area contributed by atoms with Crippen LogP contribution in [-0.4, -0.2) is 29.9 Å². The molecular weight excluding hydrogens is 282 g/mol. The van der Waals surface area contributed by atoms with Gasteiger partial charge in [0.1, 0.15) is 0 Å². The van der Waals surface area contributed by atoms with Crippen LogP contribution in [-0.2, 0) is 0 Å². The van der Waals surface area contributed by atoms with E-state index in [0.29, 0.717) is 11.0 Å². The Hall–Kier alpha value is -1.16. The summed E-state index contributed by atoms with van der Waals surface area (Å²) < 4.78 is 0. The number of rotatable bonds is 5. The highest BCUT2D eigenvalue weighted by atomic mass is 32.2. The maximum Gasteiger partial charge on any atom is 0.338 e. The maximum absolute atomic E-state index is 11.7. The Labute approximate surface area is 131 Å². The molecule has 1 aliphatic heterocycles. The molecule has 0 spiro atoms. The fourth-order valence-corrected chi connectivity index (χ4v) is 3.74. The highest BCUT2D eigenvalue weighted by Crippen LogP contribution is 2.38. The Bertz CT molecular complexity index is 508. The second kappa shape index (κ2) is 6.73. The maximum atomic E-state index is 11.7. The van der Waals surface area contributed by atoms with Crippen molar-refractivity contribution in [2.24, 2.45) is 5.41 Å². The van der Waals surface area contributed by atoms with Crippen molar-refractivity contribution >= 4 is 23.4 Å². The topological polar surface area (TPSA) is 40.5 Å². The number of piperidine rings is 1. The van der Waals surface area contributed by atoms with Crippen LogP contribution in [0.25, 0.3) is 0 Å². The van der Waals surface area contributed by atoms with Crippen LogP contribution in [0.4, 0.5) is 5.69 Å². The van der Waals surface area contributed by atoms with Crippen molar-refractivity contribution in [2.45, 2.75) is 44.9 Å². The van der Waals surface area contributed by atoms with E-state index >= 15 is 0 Å². The van der Waals surface area contributed by atoms with Crippen LogP contribution in [0.3, 0.4) is 0 Å². The quantitative estimate of drug-likeness (QED) is 0.812. The van der Waals surface area contributed by atoms with Crippen LogP contribution >= 0.6 is 11.8 Å². The normalized spacial score (nSPS) is 17.8. The second-order valence-electron chi connectivity index (χ2n) is 6.04. The lowest BCUT2D eigenvalue weighted by Crippen LogP contribution is -2.39. The van der Waals surface area contributed by atoms with Crippen molar-refractivity contribution < 1.29 is 9.90 Å². The minimum absolute atomic E-state index is 0.412. The molecule has 0 radical (unpaired) electrons. The lowest BCUT2D eigenvalue weighted by molar-refractivity contribution is 0.0693. The fourth-order valence-electron chi connectivity index (χ4n) is 2.91. The number of anilines is 1. The average molecular weight is 307 g/mol. The largest absolute Gasteiger partial charge is 0.478 e. The molecule has 0 aromatic heterocycles. The van der Waals surface area contributed by atoms with Gasteiger partial charge in [-0.05, 0) is 36.1 Å². The highest BCUT2D eigenvalue weighted by Gasteiger charge is 2.30. The molecule has 1 aliphatic rings. The Morgan fingerprint density at radius 1 is 1.33 bits per heavy atom. The van der Waals surface area contributed by atoms with Crippen molar-refractivity contribution in [3.63, 3.8) is 0 Å². The third-order valence-electron chi connectivity index (χ3n) is 4.68. The van der Waals surface area contributed by atoms with E-state index in [-0.39, 0.29) is 0 Å². The molecule has 0 aliphatic carbocycles. The van der Waals surface area contributed by atoms with Gasteiger partial charge in [0.15, 0.2) is 0 Å². The van der Waals surface area contributed by atoms with Gasteiger partial charge in [0, 0.05) is 18.0 Å². The summed E-state index contributed by atoms with van der Waals surface area (Å²) in [7, 11) is 0.